The van der Waals surface area contributed by atoms with Crippen molar-refractivity contribution in [3.8, 4) is 17.3 Å². The molecule has 5 aromatic rings. The van der Waals surface area contributed by atoms with Gasteiger partial charge in [-0.05, 0) is 31.2 Å². The van der Waals surface area contributed by atoms with Gasteiger partial charge < -0.3 is 29.5 Å². The molecule has 0 aliphatic carbocycles. The number of carboxylic acids is 1. The van der Waals surface area contributed by atoms with Crippen LogP contribution in [0.15, 0.2) is 47.3 Å². The molecule has 1 aromatic carbocycles. The normalized spacial score (nSPS) is 15.3. The molecule has 39 heavy (non-hydrogen) atoms. The van der Waals surface area contributed by atoms with Crippen LogP contribution in [0.2, 0.25) is 0 Å². The van der Waals surface area contributed by atoms with Gasteiger partial charge in [-0.25, -0.2) is 19.2 Å². The number of carbonyl (C=O) groups is 1. The number of ether oxygens (including phenoxy) is 1. The van der Waals surface area contributed by atoms with Crippen molar-refractivity contribution in [3.63, 3.8) is 0 Å². The third-order valence-corrected chi connectivity index (χ3v) is 6.76. The second-order valence-electron chi connectivity index (χ2n) is 9.27. The number of aromatic nitrogens is 6. The van der Waals surface area contributed by atoms with Gasteiger partial charge >= 0.3 is 5.97 Å². The molecule has 6 rings (SSSR count). The maximum Gasteiger partial charge on any atom is 0.344 e. The fraction of sp³-hybridized carbons (Fsp3) is 0.320. The van der Waals surface area contributed by atoms with Crippen LogP contribution in [0.5, 0.6) is 5.75 Å². The van der Waals surface area contributed by atoms with Crippen LogP contribution in [0.3, 0.4) is 0 Å². The van der Waals surface area contributed by atoms with Gasteiger partial charge in [-0.15, -0.1) is 5.10 Å². The highest BCUT2D eigenvalue weighted by molar-refractivity contribution is 5.87. The Balaban J connectivity index is 1.10. The molecule has 14 heteroatoms. The number of carboxylic acid groups (broad SMARTS) is 1. The monoisotopic (exact) mass is 535 g/mol. The van der Waals surface area contributed by atoms with E-state index in [-0.39, 0.29) is 11.7 Å². The van der Waals surface area contributed by atoms with Crippen molar-refractivity contribution in [2.24, 2.45) is 0 Å². The molecule has 0 radical (unpaired) electrons. The van der Waals surface area contributed by atoms with Gasteiger partial charge in [-0.1, -0.05) is 0 Å². The SMILES string of the molecule is CC(Oc1ccc(N2CCN(CCn3cnc4c3nc(N)n3nc(-c5ccco5)nc43)CC2)c(F)c1)C(=O)O. The average molecular weight is 536 g/mol. The summed E-state index contributed by atoms with van der Waals surface area (Å²) in [4.78, 5) is 28.8. The van der Waals surface area contributed by atoms with E-state index < -0.39 is 17.9 Å². The Morgan fingerprint density at radius 1 is 1.18 bits per heavy atom. The van der Waals surface area contributed by atoms with Gasteiger partial charge in [0.2, 0.25) is 11.8 Å². The van der Waals surface area contributed by atoms with Gasteiger partial charge in [0, 0.05) is 45.3 Å². The standard InChI is InChI=1S/C25H26FN9O4/c1-15(24(36)37)39-16-4-5-18(17(26)13-16)33-9-6-32(7-10-33)8-11-34-14-28-20-22(34)30-25(27)35-23(20)29-21(31-35)19-3-2-12-38-19/h2-5,12-15H,6-11H2,1H3,(H2,27,30)(H,36,37). The Morgan fingerprint density at radius 2 is 2.00 bits per heavy atom. The van der Waals surface area contributed by atoms with Gasteiger partial charge in [0.15, 0.2) is 28.7 Å². The first-order valence-corrected chi connectivity index (χ1v) is 12.4. The summed E-state index contributed by atoms with van der Waals surface area (Å²) in [6.45, 7) is 5.58. The fourth-order valence-electron chi connectivity index (χ4n) is 4.64. The number of anilines is 2. The summed E-state index contributed by atoms with van der Waals surface area (Å²) in [6.07, 6.45) is 2.22. The third-order valence-electron chi connectivity index (χ3n) is 6.76. The number of nitrogen functional groups attached to an aromatic ring is 1. The lowest BCUT2D eigenvalue weighted by molar-refractivity contribution is -0.144. The number of halogens is 1. The second kappa shape index (κ2) is 9.87. The molecule has 1 aliphatic heterocycles. The van der Waals surface area contributed by atoms with Gasteiger partial charge in [-0.2, -0.15) is 9.50 Å². The molecule has 0 spiro atoms. The number of aliphatic carboxylic acids is 1. The van der Waals surface area contributed by atoms with E-state index in [9.17, 15) is 9.18 Å². The number of hydrogen-bond acceptors (Lipinski definition) is 10. The number of furan rings is 1. The van der Waals surface area contributed by atoms with E-state index in [1.54, 1.807) is 36.9 Å². The zero-order chi connectivity index (χ0) is 27.1. The van der Waals surface area contributed by atoms with Crippen LogP contribution in [0.25, 0.3) is 28.4 Å². The average Bonchev–Trinajstić information content (AvgIpc) is 3.68. The highest BCUT2D eigenvalue weighted by Crippen LogP contribution is 2.26. The summed E-state index contributed by atoms with van der Waals surface area (Å²) in [5.74, 6) is -0.225. The predicted octanol–water partition coefficient (Wildman–Crippen LogP) is 2.13. The topological polar surface area (TPSA) is 153 Å². The lowest BCUT2D eigenvalue weighted by atomic mass is 10.2. The molecular weight excluding hydrogens is 509 g/mol. The Hall–Kier alpha value is -4.72. The molecule has 0 amide bonds. The fourth-order valence-corrected chi connectivity index (χ4v) is 4.64. The van der Waals surface area contributed by atoms with Gasteiger partial charge in [0.1, 0.15) is 11.6 Å². The number of nitrogens with two attached hydrogens (primary N) is 1. The first-order chi connectivity index (χ1) is 18.9. The number of hydrogen-bond donors (Lipinski definition) is 2. The van der Waals surface area contributed by atoms with E-state index >= 15 is 0 Å². The molecule has 13 nitrogen and oxygen atoms in total. The van der Waals surface area contributed by atoms with Crippen LogP contribution in [0.4, 0.5) is 16.0 Å². The lowest BCUT2D eigenvalue weighted by Gasteiger charge is -2.36. The number of piperazine rings is 1. The first-order valence-electron chi connectivity index (χ1n) is 12.4. The quantitative estimate of drug-likeness (QED) is 0.300. The molecule has 3 N–H and O–H groups in total. The van der Waals surface area contributed by atoms with E-state index in [2.05, 4.69) is 25.0 Å². The Bertz CT molecular complexity index is 1640. The smallest absolute Gasteiger partial charge is 0.344 e. The van der Waals surface area contributed by atoms with Crippen molar-refractivity contribution in [2.45, 2.75) is 19.6 Å². The number of benzene rings is 1. The molecular formula is C25H26FN9O4. The number of imidazole rings is 1. The molecule has 1 atom stereocenters. The zero-order valence-electron chi connectivity index (χ0n) is 21.1. The first kappa shape index (κ1) is 24.6. The zero-order valence-corrected chi connectivity index (χ0v) is 21.1. The van der Waals surface area contributed by atoms with Crippen LogP contribution in [0, 0.1) is 5.82 Å². The number of nitrogens with zero attached hydrogens (tertiary/aromatic N) is 8. The van der Waals surface area contributed by atoms with Crippen molar-refractivity contribution in [1.29, 1.82) is 0 Å². The highest BCUT2D eigenvalue weighted by Gasteiger charge is 2.22. The minimum Gasteiger partial charge on any atom is -0.479 e. The molecule has 1 saturated heterocycles. The van der Waals surface area contributed by atoms with E-state index in [1.807, 2.05) is 9.47 Å². The maximum absolute atomic E-state index is 14.8. The van der Waals surface area contributed by atoms with Crippen LogP contribution in [0.1, 0.15) is 6.92 Å². The molecule has 1 aliphatic rings. The molecule has 0 saturated carbocycles. The Labute approximate surface area is 221 Å². The summed E-state index contributed by atoms with van der Waals surface area (Å²) in [7, 11) is 0. The van der Waals surface area contributed by atoms with Crippen molar-refractivity contribution in [2.75, 3.05) is 43.4 Å². The summed E-state index contributed by atoms with van der Waals surface area (Å²) >= 11 is 0. The molecule has 1 unspecified atom stereocenters. The van der Waals surface area contributed by atoms with E-state index in [1.165, 1.54) is 17.5 Å². The summed E-state index contributed by atoms with van der Waals surface area (Å²) < 4.78 is 28.8. The van der Waals surface area contributed by atoms with Gasteiger partial charge in [0.05, 0.1) is 18.3 Å². The summed E-state index contributed by atoms with van der Waals surface area (Å²) in [6, 6.07) is 7.99. The van der Waals surface area contributed by atoms with Crippen LogP contribution < -0.4 is 15.4 Å². The van der Waals surface area contributed by atoms with E-state index in [0.717, 1.165) is 19.6 Å². The second-order valence-corrected chi connectivity index (χ2v) is 9.27. The van der Waals surface area contributed by atoms with E-state index in [4.69, 9.17) is 20.0 Å². The largest absolute Gasteiger partial charge is 0.479 e. The third kappa shape index (κ3) is 4.69. The van der Waals surface area contributed by atoms with Crippen LogP contribution in [-0.2, 0) is 11.3 Å². The van der Waals surface area contributed by atoms with Crippen molar-refractivity contribution in [3.05, 3.63) is 48.7 Å². The Morgan fingerprint density at radius 3 is 2.72 bits per heavy atom. The molecule has 0 bridgehead atoms. The summed E-state index contributed by atoms with van der Waals surface area (Å²) in [5.41, 5.74) is 8.38. The Kier molecular flexibility index (Phi) is 6.23. The molecule has 4 aromatic heterocycles. The van der Waals surface area contributed by atoms with E-state index in [0.29, 0.717) is 53.7 Å². The maximum atomic E-state index is 14.8. The van der Waals surface area contributed by atoms with Gasteiger partial charge in [-0.3, -0.25) is 4.90 Å². The van der Waals surface area contributed by atoms with Gasteiger partial charge in [0.25, 0.3) is 0 Å². The van der Waals surface area contributed by atoms with Crippen LogP contribution in [-0.4, -0.2) is 83.9 Å². The minimum absolute atomic E-state index is 0.187. The van der Waals surface area contributed by atoms with Crippen molar-refractivity contribution < 1.29 is 23.4 Å². The van der Waals surface area contributed by atoms with Crippen molar-refractivity contribution >= 4 is 34.4 Å². The molecule has 5 heterocycles. The predicted molar refractivity (Wildman–Crippen MR) is 139 cm³/mol. The summed E-state index contributed by atoms with van der Waals surface area (Å²) in [5, 5.41) is 13.4. The van der Waals surface area contributed by atoms with Crippen molar-refractivity contribution in [1.82, 2.24) is 34.0 Å². The van der Waals surface area contributed by atoms with Crippen LogP contribution >= 0.6 is 0 Å². The lowest BCUT2D eigenvalue weighted by Crippen LogP contribution is -2.47. The molecule has 202 valence electrons. The number of rotatable bonds is 8. The minimum atomic E-state index is -1.11. The number of fused-ring (bicyclic) bond motifs is 3. The molecule has 1 fully saturated rings. The highest BCUT2D eigenvalue weighted by atomic mass is 19.1.